The highest BCUT2D eigenvalue weighted by atomic mass is 32.2. The van der Waals surface area contributed by atoms with Crippen LogP contribution in [0.25, 0.3) is 0 Å². The van der Waals surface area contributed by atoms with E-state index in [-0.39, 0.29) is 0 Å². The van der Waals surface area contributed by atoms with Gasteiger partial charge in [0.25, 0.3) is 0 Å². The fourth-order valence-electron chi connectivity index (χ4n) is 2.16. The van der Waals surface area contributed by atoms with Crippen molar-refractivity contribution in [3.63, 3.8) is 0 Å². The smallest absolute Gasteiger partial charge is 0.243 e. The molecule has 0 unspecified atom stereocenters. The van der Waals surface area contributed by atoms with Gasteiger partial charge in [0.2, 0.25) is 10.0 Å². The van der Waals surface area contributed by atoms with Gasteiger partial charge in [-0.2, -0.15) is 4.31 Å². The summed E-state index contributed by atoms with van der Waals surface area (Å²) in [6.07, 6.45) is 0. The predicted molar refractivity (Wildman–Crippen MR) is 78.9 cm³/mol. The molecule has 7 heteroatoms. The van der Waals surface area contributed by atoms with Gasteiger partial charge >= 0.3 is 0 Å². The van der Waals surface area contributed by atoms with Gasteiger partial charge in [-0.15, -0.1) is 0 Å². The lowest BCUT2D eigenvalue weighted by atomic mass is 10.4. The molecule has 0 spiro atoms. The molecule has 1 aromatic carbocycles. The summed E-state index contributed by atoms with van der Waals surface area (Å²) < 4.78 is 26.4. The molecule has 1 aliphatic rings. The van der Waals surface area contributed by atoms with Crippen LogP contribution in [0.4, 0.5) is 0 Å². The summed E-state index contributed by atoms with van der Waals surface area (Å²) in [7, 11) is -3.40. The van der Waals surface area contributed by atoms with E-state index in [1.165, 1.54) is 4.31 Å². The number of aliphatic imine (C=N–C) groups is 1. The van der Waals surface area contributed by atoms with Crippen molar-refractivity contribution in [2.75, 3.05) is 32.7 Å². The topological polar surface area (TPSA) is 79.0 Å². The third kappa shape index (κ3) is 3.10. The van der Waals surface area contributed by atoms with Crippen molar-refractivity contribution in [1.82, 2.24) is 9.21 Å². The van der Waals surface area contributed by atoms with Crippen molar-refractivity contribution < 1.29 is 8.42 Å². The first kappa shape index (κ1) is 14.8. The van der Waals surface area contributed by atoms with Crippen molar-refractivity contribution in [1.29, 1.82) is 0 Å². The predicted octanol–water partition coefficient (Wildman–Crippen LogP) is 0.328. The normalized spacial score (nSPS) is 18.2. The average molecular weight is 296 g/mol. The van der Waals surface area contributed by atoms with Gasteiger partial charge in [-0.1, -0.05) is 18.2 Å². The highest BCUT2D eigenvalue weighted by Crippen LogP contribution is 2.16. The number of sulfonamides is 1. The Hall–Kier alpha value is -1.60. The summed E-state index contributed by atoms with van der Waals surface area (Å²) in [4.78, 5) is 6.40. The van der Waals surface area contributed by atoms with Gasteiger partial charge in [0.1, 0.15) is 0 Å². The molecule has 0 radical (unpaired) electrons. The van der Waals surface area contributed by atoms with Crippen LogP contribution < -0.4 is 5.73 Å². The van der Waals surface area contributed by atoms with Crippen LogP contribution in [0.15, 0.2) is 40.2 Å². The Labute approximate surface area is 119 Å². The van der Waals surface area contributed by atoms with Crippen molar-refractivity contribution in [2.24, 2.45) is 10.7 Å². The lowest BCUT2D eigenvalue weighted by molar-refractivity contribution is 0.264. The number of nitrogens with two attached hydrogens (primary N) is 1. The molecular weight excluding hydrogens is 276 g/mol. The maximum Gasteiger partial charge on any atom is 0.243 e. The van der Waals surface area contributed by atoms with Crippen LogP contribution in [0.1, 0.15) is 6.92 Å². The number of hydrogen-bond donors (Lipinski definition) is 1. The van der Waals surface area contributed by atoms with Gasteiger partial charge in [0.15, 0.2) is 5.96 Å². The average Bonchev–Trinajstić information content (AvgIpc) is 2.48. The number of guanidine groups is 1. The minimum Gasteiger partial charge on any atom is -0.370 e. The van der Waals surface area contributed by atoms with Crippen molar-refractivity contribution in [3.05, 3.63) is 30.3 Å². The molecule has 0 atom stereocenters. The zero-order chi connectivity index (χ0) is 14.6. The molecule has 2 rings (SSSR count). The van der Waals surface area contributed by atoms with Crippen molar-refractivity contribution in [3.8, 4) is 0 Å². The summed E-state index contributed by atoms with van der Waals surface area (Å²) in [5, 5.41) is 0. The van der Waals surface area contributed by atoms with E-state index in [1.54, 1.807) is 30.3 Å². The Morgan fingerprint density at radius 1 is 1.20 bits per heavy atom. The molecule has 110 valence electrons. The summed E-state index contributed by atoms with van der Waals surface area (Å²) in [5.41, 5.74) is 5.83. The molecule has 0 bridgehead atoms. The Kier molecular flexibility index (Phi) is 4.61. The zero-order valence-electron chi connectivity index (χ0n) is 11.6. The van der Waals surface area contributed by atoms with E-state index in [0.29, 0.717) is 43.6 Å². The van der Waals surface area contributed by atoms with E-state index < -0.39 is 10.0 Å². The van der Waals surface area contributed by atoms with Gasteiger partial charge < -0.3 is 10.6 Å². The second kappa shape index (κ2) is 6.23. The monoisotopic (exact) mass is 296 g/mol. The van der Waals surface area contributed by atoms with Gasteiger partial charge in [-0.3, -0.25) is 4.99 Å². The summed E-state index contributed by atoms with van der Waals surface area (Å²) in [5.74, 6) is 0.490. The SMILES string of the molecule is CCN=C(N)N1CCN(S(=O)(=O)c2ccccc2)CC1. The van der Waals surface area contributed by atoms with Gasteiger partial charge in [0.05, 0.1) is 4.90 Å². The Morgan fingerprint density at radius 2 is 1.80 bits per heavy atom. The van der Waals surface area contributed by atoms with E-state index >= 15 is 0 Å². The first-order valence-corrected chi connectivity index (χ1v) is 8.09. The molecule has 0 aromatic heterocycles. The minimum absolute atomic E-state index is 0.337. The first-order chi connectivity index (χ1) is 9.55. The Bertz CT molecular complexity index is 563. The largest absolute Gasteiger partial charge is 0.370 e. The molecular formula is C13H20N4O2S. The molecule has 0 aliphatic carbocycles. The standard InChI is InChI=1S/C13H20N4O2S/c1-2-15-13(14)16-8-10-17(11-9-16)20(18,19)12-6-4-3-5-7-12/h3-7H,2,8-11H2,1H3,(H2,14,15). The number of hydrogen-bond acceptors (Lipinski definition) is 3. The van der Waals surface area contributed by atoms with Gasteiger partial charge in [-0.05, 0) is 19.1 Å². The Balaban J connectivity index is 2.06. The van der Waals surface area contributed by atoms with Crippen LogP contribution in [0.2, 0.25) is 0 Å². The van der Waals surface area contributed by atoms with Crippen LogP contribution in [0, 0.1) is 0 Å². The van der Waals surface area contributed by atoms with Crippen LogP contribution >= 0.6 is 0 Å². The molecule has 1 heterocycles. The quantitative estimate of drug-likeness (QED) is 0.644. The fourth-order valence-corrected chi connectivity index (χ4v) is 3.60. The van der Waals surface area contributed by atoms with E-state index in [0.717, 1.165) is 0 Å². The maximum atomic E-state index is 12.4. The molecule has 1 aliphatic heterocycles. The number of piperazine rings is 1. The van der Waals surface area contributed by atoms with Crippen LogP contribution in [0.3, 0.4) is 0 Å². The minimum atomic E-state index is -3.40. The number of rotatable bonds is 3. The molecule has 1 aromatic rings. The highest BCUT2D eigenvalue weighted by molar-refractivity contribution is 7.89. The van der Waals surface area contributed by atoms with E-state index in [2.05, 4.69) is 4.99 Å². The van der Waals surface area contributed by atoms with Crippen LogP contribution in [0.5, 0.6) is 0 Å². The zero-order valence-corrected chi connectivity index (χ0v) is 12.4. The summed E-state index contributed by atoms with van der Waals surface area (Å²) >= 11 is 0. The molecule has 20 heavy (non-hydrogen) atoms. The van der Waals surface area contributed by atoms with E-state index in [4.69, 9.17) is 5.73 Å². The Morgan fingerprint density at radius 3 is 2.35 bits per heavy atom. The maximum absolute atomic E-state index is 12.4. The molecule has 6 nitrogen and oxygen atoms in total. The molecule has 0 saturated carbocycles. The van der Waals surface area contributed by atoms with Crippen LogP contribution in [-0.2, 0) is 10.0 Å². The molecule has 0 amide bonds. The third-order valence-corrected chi connectivity index (χ3v) is 5.18. The summed E-state index contributed by atoms with van der Waals surface area (Å²) in [6.45, 7) is 4.55. The van der Waals surface area contributed by atoms with Gasteiger partial charge in [0, 0.05) is 32.7 Å². The molecule has 1 fully saturated rings. The molecule has 1 saturated heterocycles. The fraction of sp³-hybridized carbons (Fsp3) is 0.462. The van der Waals surface area contributed by atoms with Crippen molar-refractivity contribution >= 4 is 16.0 Å². The van der Waals surface area contributed by atoms with Gasteiger partial charge in [-0.25, -0.2) is 8.42 Å². The summed E-state index contributed by atoms with van der Waals surface area (Å²) in [6, 6.07) is 8.51. The lowest BCUT2D eigenvalue weighted by Crippen LogP contribution is -2.52. The second-order valence-corrected chi connectivity index (χ2v) is 6.47. The van der Waals surface area contributed by atoms with Crippen LogP contribution in [-0.4, -0.2) is 56.3 Å². The second-order valence-electron chi connectivity index (χ2n) is 4.54. The third-order valence-electron chi connectivity index (χ3n) is 3.26. The number of benzene rings is 1. The first-order valence-electron chi connectivity index (χ1n) is 6.65. The molecule has 2 N–H and O–H groups in total. The van der Waals surface area contributed by atoms with E-state index in [9.17, 15) is 8.42 Å². The van der Waals surface area contributed by atoms with Crippen molar-refractivity contribution in [2.45, 2.75) is 11.8 Å². The highest BCUT2D eigenvalue weighted by Gasteiger charge is 2.28. The van der Waals surface area contributed by atoms with E-state index in [1.807, 2.05) is 11.8 Å². The number of nitrogens with zero attached hydrogens (tertiary/aromatic N) is 3. The lowest BCUT2D eigenvalue weighted by Gasteiger charge is -2.34.